The van der Waals surface area contributed by atoms with Gasteiger partial charge in [-0.1, -0.05) is 55.5 Å². The predicted molar refractivity (Wildman–Crippen MR) is 200 cm³/mol. The summed E-state index contributed by atoms with van der Waals surface area (Å²) in [6, 6.07) is 13.9. The molecule has 7 rings (SSSR count). The maximum Gasteiger partial charge on any atom is 0.407 e. The monoisotopic (exact) mass is 770 g/mol. The first-order valence-electron chi connectivity index (χ1n) is 17.8. The Kier molecular flexibility index (Phi) is 11.7. The van der Waals surface area contributed by atoms with Gasteiger partial charge in [-0.3, -0.25) is 9.88 Å². The summed E-state index contributed by atoms with van der Waals surface area (Å²) in [5.41, 5.74) is 3.45. The highest BCUT2D eigenvalue weighted by molar-refractivity contribution is 7.89. The number of aliphatic hydroxyl groups excluding tert-OH is 1. The molecule has 3 aliphatic rings. The number of likely N-dealkylation sites (tertiary alicyclic amines) is 1. The summed E-state index contributed by atoms with van der Waals surface area (Å²) in [4.78, 5) is 25.9. The number of alkyl carbamates (subject to hydrolysis) is 1. The number of ether oxygens (including phenoxy) is 3. The maximum atomic E-state index is 14.3. The number of benzene rings is 2. The van der Waals surface area contributed by atoms with Crippen molar-refractivity contribution in [1.82, 2.24) is 24.5 Å². The van der Waals surface area contributed by atoms with Crippen LogP contribution in [-0.2, 0) is 37.2 Å². The molecule has 3 N–H and O–H groups in total. The minimum absolute atomic E-state index is 0.0265. The average molecular weight is 771 g/mol. The molecule has 1 amide bonds. The highest BCUT2D eigenvalue weighted by Gasteiger charge is 2.44. The second-order valence-corrected chi connectivity index (χ2v) is 18.1. The Hall–Kier alpha value is -3.22. The molecule has 16 heteroatoms. The van der Waals surface area contributed by atoms with Crippen molar-refractivity contribution in [1.29, 1.82) is 0 Å². The van der Waals surface area contributed by atoms with Crippen molar-refractivity contribution in [2.75, 3.05) is 44.7 Å². The molecule has 3 fully saturated rings. The molecule has 0 bridgehead atoms. The maximum absolute atomic E-state index is 14.3. The van der Waals surface area contributed by atoms with E-state index >= 15 is 0 Å². The number of amides is 1. The molecule has 280 valence electrons. The molecular weight excluding hydrogens is 725 g/mol. The molecule has 2 aromatic carbocycles. The Balaban J connectivity index is 1.04. The van der Waals surface area contributed by atoms with Gasteiger partial charge in [0.15, 0.2) is 11.4 Å². The Bertz CT molecular complexity index is 1890. The Morgan fingerprint density at radius 3 is 2.79 bits per heavy atom. The predicted octanol–water partition coefficient (Wildman–Crippen LogP) is 4.55. The third kappa shape index (κ3) is 8.93. The van der Waals surface area contributed by atoms with Crippen molar-refractivity contribution in [2.45, 2.75) is 75.1 Å². The molecule has 2 aromatic heterocycles. The number of aliphatic hydroxyl groups is 1. The topological polar surface area (TPSA) is 155 Å². The van der Waals surface area contributed by atoms with Gasteiger partial charge in [-0.15, -0.1) is 11.3 Å². The highest BCUT2D eigenvalue weighted by Crippen LogP contribution is 2.34. The van der Waals surface area contributed by atoms with Gasteiger partial charge < -0.3 is 30.0 Å². The second-order valence-electron chi connectivity index (χ2n) is 14.2. The molecule has 4 aromatic rings. The van der Waals surface area contributed by atoms with Gasteiger partial charge in [0, 0.05) is 49.8 Å². The van der Waals surface area contributed by atoms with Crippen LogP contribution in [0.3, 0.4) is 0 Å². The van der Waals surface area contributed by atoms with Crippen LogP contribution in [0.25, 0.3) is 10.2 Å². The summed E-state index contributed by atoms with van der Waals surface area (Å²) in [6.45, 7) is 7.36. The molecule has 0 unspecified atom stereocenters. The first-order valence-corrected chi connectivity index (χ1v) is 20.9. The normalized spacial score (nSPS) is 23.3. The lowest BCUT2D eigenvalue weighted by molar-refractivity contribution is -0.0907. The van der Waals surface area contributed by atoms with Crippen molar-refractivity contribution in [3.63, 3.8) is 0 Å². The zero-order valence-corrected chi connectivity index (χ0v) is 31.7. The van der Waals surface area contributed by atoms with Crippen molar-refractivity contribution in [3.8, 4) is 0 Å². The fourth-order valence-corrected chi connectivity index (χ4v) is 10.5. The minimum atomic E-state index is -4.04. The van der Waals surface area contributed by atoms with Gasteiger partial charge in [-0.2, -0.15) is 4.31 Å². The Labute approximate surface area is 312 Å². The van der Waals surface area contributed by atoms with Crippen LogP contribution in [0.2, 0.25) is 0 Å². The number of sulfonamides is 1. The molecule has 3 saturated heterocycles. The minimum Gasteiger partial charge on any atom is -0.443 e. The van der Waals surface area contributed by atoms with Crippen LogP contribution in [0.15, 0.2) is 65.1 Å². The van der Waals surface area contributed by atoms with E-state index in [2.05, 4.69) is 20.5 Å². The summed E-state index contributed by atoms with van der Waals surface area (Å²) in [5, 5.41) is 18.8. The third-order valence-corrected chi connectivity index (χ3v) is 13.3. The van der Waals surface area contributed by atoms with Crippen molar-refractivity contribution >= 4 is 54.1 Å². The average Bonchev–Trinajstić information content (AvgIpc) is 3.96. The van der Waals surface area contributed by atoms with Crippen molar-refractivity contribution < 1.29 is 32.5 Å². The summed E-state index contributed by atoms with van der Waals surface area (Å²) in [5.74, 6) is -0.0633. The number of carbonyl (C=O) groups is 1. The molecular formula is C36H46N6O7S3. The van der Waals surface area contributed by atoms with E-state index in [0.717, 1.165) is 53.4 Å². The Morgan fingerprint density at radius 1 is 1.15 bits per heavy atom. The van der Waals surface area contributed by atoms with Crippen LogP contribution < -0.4 is 10.6 Å². The van der Waals surface area contributed by atoms with Crippen LogP contribution in [0.4, 0.5) is 9.93 Å². The quantitative estimate of drug-likeness (QED) is 0.156. The smallest absolute Gasteiger partial charge is 0.407 e. The number of carbonyl (C=O) groups excluding carboxylic acids is 1. The van der Waals surface area contributed by atoms with Crippen LogP contribution >= 0.6 is 22.7 Å². The lowest BCUT2D eigenvalue weighted by Crippen LogP contribution is -2.51. The number of aromatic nitrogens is 2. The second kappa shape index (κ2) is 16.4. The molecule has 0 radical (unpaired) electrons. The summed E-state index contributed by atoms with van der Waals surface area (Å²) in [6.07, 6.45) is 1.15. The van der Waals surface area contributed by atoms with E-state index in [9.17, 15) is 18.3 Å². The summed E-state index contributed by atoms with van der Waals surface area (Å²) in [7, 11) is -4.04. The number of hydrogen-bond donors (Lipinski definition) is 3. The zero-order valence-electron chi connectivity index (χ0n) is 29.3. The molecule has 0 aliphatic carbocycles. The SMILES string of the molecule is CC(C)CN(C[C@@H](O)[C@H](Cc1ccccc1)NC(=O)O[C@H]1CO[C@H]2OCC[C@H]21)S(=O)(=O)c1ccc2nc(N[C@@H]3CCN(Cc4cncs4)C3)sc2c1. The van der Waals surface area contributed by atoms with E-state index in [-0.39, 0.29) is 55.2 Å². The van der Waals surface area contributed by atoms with Gasteiger partial charge in [-0.25, -0.2) is 18.2 Å². The van der Waals surface area contributed by atoms with E-state index in [0.29, 0.717) is 6.61 Å². The van der Waals surface area contributed by atoms with E-state index in [4.69, 9.17) is 19.2 Å². The summed E-state index contributed by atoms with van der Waals surface area (Å²) >= 11 is 3.09. The van der Waals surface area contributed by atoms with E-state index in [1.807, 2.05) is 55.9 Å². The Morgan fingerprint density at radius 2 is 2.00 bits per heavy atom. The molecule has 6 atom stereocenters. The lowest BCUT2D eigenvalue weighted by atomic mass is 10.0. The van der Waals surface area contributed by atoms with Crippen molar-refractivity contribution in [3.05, 3.63) is 70.7 Å². The molecule has 5 heterocycles. The highest BCUT2D eigenvalue weighted by atomic mass is 32.2. The van der Waals surface area contributed by atoms with Gasteiger partial charge in [0.25, 0.3) is 0 Å². The first-order chi connectivity index (χ1) is 25.1. The molecule has 3 aliphatic heterocycles. The number of nitrogens with one attached hydrogen (secondary N) is 2. The number of fused-ring (bicyclic) bond motifs is 2. The van der Waals surface area contributed by atoms with Crippen molar-refractivity contribution in [2.24, 2.45) is 11.8 Å². The number of rotatable bonds is 15. The van der Waals surface area contributed by atoms with Crippen LogP contribution in [0.1, 0.15) is 37.1 Å². The van der Waals surface area contributed by atoms with E-state index in [1.165, 1.54) is 20.5 Å². The van der Waals surface area contributed by atoms with Gasteiger partial charge in [0.1, 0.15) is 6.10 Å². The molecule has 52 heavy (non-hydrogen) atoms. The molecule has 0 saturated carbocycles. The van der Waals surface area contributed by atoms with Crippen LogP contribution in [0.5, 0.6) is 0 Å². The van der Waals surface area contributed by atoms with Gasteiger partial charge in [0.05, 0.1) is 51.9 Å². The summed E-state index contributed by atoms with van der Waals surface area (Å²) < 4.78 is 47.5. The fraction of sp³-hybridized carbons (Fsp3) is 0.528. The largest absolute Gasteiger partial charge is 0.443 e. The van der Waals surface area contributed by atoms with E-state index < -0.39 is 34.4 Å². The van der Waals surface area contributed by atoms with Gasteiger partial charge >= 0.3 is 6.09 Å². The molecule has 0 spiro atoms. The van der Waals surface area contributed by atoms with Gasteiger partial charge in [0.2, 0.25) is 10.0 Å². The third-order valence-electron chi connectivity index (χ3n) is 9.73. The van der Waals surface area contributed by atoms with E-state index in [1.54, 1.807) is 29.5 Å². The van der Waals surface area contributed by atoms with Crippen LogP contribution in [-0.4, -0.2) is 109 Å². The first kappa shape index (κ1) is 37.1. The zero-order chi connectivity index (χ0) is 36.2. The number of anilines is 1. The number of thiazole rings is 2. The standard InChI is InChI=1S/C36H46N6O7S3/c1-23(2)17-42(20-31(43)30(14-24-6-4-3-5-7-24)40-36(44)49-32-21-48-34-28(32)11-13-47-34)52(45,46)27-8-9-29-33(15-27)51-35(39-29)38-25-10-12-41(18-25)19-26-16-37-22-50-26/h3-9,15-16,22-23,25,28,30-32,34,43H,10-14,17-21H2,1-2H3,(H,38,39)(H,40,44)/t25-,28+,30+,31-,32+,34-/m1/s1. The molecule has 13 nitrogen and oxygen atoms in total. The fourth-order valence-electron chi connectivity index (χ4n) is 7.12. The van der Waals surface area contributed by atoms with Gasteiger partial charge in [-0.05, 0) is 48.9 Å². The number of hydrogen-bond acceptors (Lipinski definition) is 13. The lowest BCUT2D eigenvalue weighted by Gasteiger charge is -2.31. The number of nitrogens with zero attached hydrogens (tertiary/aromatic N) is 4. The van der Waals surface area contributed by atoms with Crippen LogP contribution in [0, 0.1) is 11.8 Å².